The summed E-state index contributed by atoms with van der Waals surface area (Å²) >= 11 is 4.87. The SMILES string of the molecule is Cc1ccc(C(N)=S)cc1S(=O)(=O)NCCN(C)C. The van der Waals surface area contributed by atoms with Gasteiger partial charge in [-0.2, -0.15) is 0 Å². The molecule has 1 aromatic carbocycles. The second-order valence-electron chi connectivity index (χ2n) is 4.55. The fourth-order valence-corrected chi connectivity index (χ4v) is 2.94. The largest absolute Gasteiger partial charge is 0.389 e. The quantitative estimate of drug-likeness (QED) is 0.747. The fourth-order valence-electron chi connectivity index (χ4n) is 1.52. The van der Waals surface area contributed by atoms with Crippen LogP contribution in [0.4, 0.5) is 0 Å². The first kappa shape index (κ1) is 16.0. The number of thiocarbonyl (C=S) groups is 1. The summed E-state index contributed by atoms with van der Waals surface area (Å²) in [5.74, 6) is 0. The molecule has 0 fully saturated rings. The van der Waals surface area contributed by atoms with Crippen molar-refractivity contribution in [3.8, 4) is 0 Å². The first-order valence-corrected chi connectivity index (χ1v) is 7.68. The molecular weight excluding hydrogens is 282 g/mol. The monoisotopic (exact) mass is 301 g/mol. The average Bonchev–Trinajstić information content (AvgIpc) is 2.28. The molecule has 0 unspecified atom stereocenters. The van der Waals surface area contributed by atoms with E-state index in [0.29, 0.717) is 24.2 Å². The molecule has 1 rings (SSSR count). The summed E-state index contributed by atoms with van der Waals surface area (Å²) in [6, 6.07) is 4.93. The lowest BCUT2D eigenvalue weighted by molar-refractivity contribution is 0.412. The zero-order valence-corrected chi connectivity index (χ0v) is 12.9. The Morgan fingerprint density at radius 3 is 2.58 bits per heavy atom. The van der Waals surface area contributed by atoms with Crippen LogP contribution in [0.5, 0.6) is 0 Å². The Morgan fingerprint density at radius 2 is 2.05 bits per heavy atom. The van der Waals surface area contributed by atoms with E-state index in [2.05, 4.69) is 4.72 Å². The lowest BCUT2D eigenvalue weighted by atomic mass is 10.1. The third-order valence-electron chi connectivity index (χ3n) is 2.61. The molecule has 0 aromatic heterocycles. The van der Waals surface area contributed by atoms with E-state index in [-0.39, 0.29) is 9.88 Å². The molecule has 0 radical (unpaired) electrons. The zero-order chi connectivity index (χ0) is 14.6. The molecule has 3 N–H and O–H groups in total. The van der Waals surface area contributed by atoms with Crippen LogP contribution in [0.15, 0.2) is 23.1 Å². The summed E-state index contributed by atoms with van der Waals surface area (Å²) in [4.78, 5) is 2.31. The summed E-state index contributed by atoms with van der Waals surface area (Å²) in [6.07, 6.45) is 0. The minimum absolute atomic E-state index is 0.185. The van der Waals surface area contributed by atoms with Gasteiger partial charge in [0.2, 0.25) is 10.0 Å². The van der Waals surface area contributed by atoms with Crippen LogP contribution < -0.4 is 10.5 Å². The molecule has 0 aliphatic heterocycles. The van der Waals surface area contributed by atoms with E-state index >= 15 is 0 Å². The number of nitrogens with one attached hydrogen (secondary N) is 1. The van der Waals surface area contributed by atoms with Crippen LogP contribution in [0.25, 0.3) is 0 Å². The molecular formula is C12H19N3O2S2. The van der Waals surface area contributed by atoms with Crippen molar-refractivity contribution in [2.45, 2.75) is 11.8 Å². The van der Waals surface area contributed by atoms with Crippen molar-refractivity contribution < 1.29 is 8.42 Å². The fraction of sp³-hybridized carbons (Fsp3) is 0.417. The number of nitrogens with two attached hydrogens (primary N) is 1. The molecule has 19 heavy (non-hydrogen) atoms. The third kappa shape index (κ3) is 4.54. The summed E-state index contributed by atoms with van der Waals surface area (Å²) in [5.41, 5.74) is 6.74. The van der Waals surface area contributed by atoms with Crippen LogP contribution in [-0.2, 0) is 10.0 Å². The smallest absolute Gasteiger partial charge is 0.240 e. The number of benzene rings is 1. The van der Waals surface area contributed by atoms with Crippen LogP contribution in [0.3, 0.4) is 0 Å². The van der Waals surface area contributed by atoms with Gasteiger partial charge < -0.3 is 10.6 Å². The number of aryl methyl sites for hydroxylation is 1. The molecule has 0 saturated heterocycles. The van der Waals surface area contributed by atoms with E-state index in [9.17, 15) is 8.42 Å². The van der Waals surface area contributed by atoms with Crippen molar-refractivity contribution in [2.24, 2.45) is 5.73 Å². The van der Waals surface area contributed by atoms with E-state index in [0.717, 1.165) is 0 Å². The number of rotatable bonds is 6. The van der Waals surface area contributed by atoms with Gasteiger partial charge in [0, 0.05) is 18.7 Å². The predicted molar refractivity (Wildman–Crippen MR) is 80.8 cm³/mol. The van der Waals surface area contributed by atoms with E-state index in [4.69, 9.17) is 18.0 Å². The van der Waals surface area contributed by atoms with Crippen LogP contribution >= 0.6 is 12.2 Å². The molecule has 0 atom stereocenters. The molecule has 0 amide bonds. The number of hydrogen-bond donors (Lipinski definition) is 2. The van der Waals surface area contributed by atoms with Gasteiger partial charge in [0.1, 0.15) is 4.99 Å². The number of likely N-dealkylation sites (N-methyl/N-ethyl adjacent to an activating group) is 1. The van der Waals surface area contributed by atoms with Gasteiger partial charge >= 0.3 is 0 Å². The lowest BCUT2D eigenvalue weighted by Gasteiger charge is -2.13. The first-order chi connectivity index (χ1) is 8.74. The maximum absolute atomic E-state index is 12.2. The molecule has 7 heteroatoms. The van der Waals surface area contributed by atoms with Gasteiger partial charge in [0.05, 0.1) is 4.90 Å². The second-order valence-corrected chi connectivity index (χ2v) is 6.72. The van der Waals surface area contributed by atoms with Gasteiger partial charge in [-0.3, -0.25) is 0 Å². The lowest BCUT2D eigenvalue weighted by Crippen LogP contribution is -2.32. The van der Waals surface area contributed by atoms with E-state index in [1.807, 2.05) is 19.0 Å². The Hall–Kier alpha value is -1.02. The zero-order valence-electron chi connectivity index (χ0n) is 11.3. The minimum atomic E-state index is -3.53. The minimum Gasteiger partial charge on any atom is -0.389 e. The average molecular weight is 301 g/mol. The van der Waals surface area contributed by atoms with Gasteiger partial charge in [-0.1, -0.05) is 24.4 Å². The summed E-state index contributed by atoms with van der Waals surface area (Å²) in [7, 11) is 0.229. The van der Waals surface area contributed by atoms with Crippen molar-refractivity contribution in [3.05, 3.63) is 29.3 Å². The molecule has 106 valence electrons. The summed E-state index contributed by atoms with van der Waals surface area (Å²) in [6.45, 7) is 2.73. The molecule has 0 saturated carbocycles. The Balaban J connectivity index is 3.00. The van der Waals surface area contributed by atoms with Crippen molar-refractivity contribution in [1.29, 1.82) is 0 Å². The Labute approximate surface area is 119 Å². The maximum Gasteiger partial charge on any atom is 0.240 e. The molecule has 0 aliphatic rings. The normalized spacial score (nSPS) is 11.8. The summed E-state index contributed by atoms with van der Waals surface area (Å²) < 4.78 is 27.0. The highest BCUT2D eigenvalue weighted by Crippen LogP contribution is 2.16. The molecule has 5 nitrogen and oxygen atoms in total. The van der Waals surface area contributed by atoms with Crippen molar-refractivity contribution in [2.75, 3.05) is 27.2 Å². The maximum atomic E-state index is 12.2. The predicted octanol–water partition coefficient (Wildman–Crippen LogP) is 0.469. The van der Waals surface area contributed by atoms with Gasteiger partial charge in [-0.25, -0.2) is 13.1 Å². The van der Waals surface area contributed by atoms with Gasteiger partial charge in [-0.05, 0) is 32.6 Å². The van der Waals surface area contributed by atoms with Crippen molar-refractivity contribution in [3.63, 3.8) is 0 Å². The van der Waals surface area contributed by atoms with Gasteiger partial charge in [-0.15, -0.1) is 0 Å². The topological polar surface area (TPSA) is 75.4 Å². The van der Waals surface area contributed by atoms with Crippen LogP contribution in [0.1, 0.15) is 11.1 Å². The number of nitrogens with zero attached hydrogens (tertiary/aromatic N) is 1. The highest BCUT2D eigenvalue weighted by atomic mass is 32.2. The number of sulfonamides is 1. The van der Waals surface area contributed by atoms with Crippen LogP contribution in [0.2, 0.25) is 0 Å². The molecule has 0 aliphatic carbocycles. The Morgan fingerprint density at radius 1 is 1.42 bits per heavy atom. The Kier molecular flexibility index (Phi) is 5.42. The van der Waals surface area contributed by atoms with E-state index in [1.165, 1.54) is 6.07 Å². The third-order valence-corrected chi connectivity index (χ3v) is 4.45. The van der Waals surface area contributed by atoms with E-state index in [1.54, 1.807) is 19.1 Å². The first-order valence-electron chi connectivity index (χ1n) is 5.79. The van der Waals surface area contributed by atoms with Crippen molar-refractivity contribution >= 4 is 27.2 Å². The molecule has 0 heterocycles. The highest BCUT2D eigenvalue weighted by molar-refractivity contribution is 7.89. The summed E-state index contributed by atoms with van der Waals surface area (Å²) in [5, 5.41) is 0. The molecule has 0 bridgehead atoms. The van der Waals surface area contributed by atoms with Crippen LogP contribution in [0, 0.1) is 6.92 Å². The number of hydrogen-bond acceptors (Lipinski definition) is 4. The van der Waals surface area contributed by atoms with Crippen molar-refractivity contribution in [1.82, 2.24) is 9.62 Å². The molecule has 0 spiro atoms. The second kappa shape index (κ2) is 6.42. The van der Waals surface area contributed by atoms with Crippen LogP contribution in [-0.4, -0.2) is 45.5 Å². The standard InChI is InChI=1S/C12H19N3O2S2/c1-9-4-5-10(12(13)18)8-11(9)19(16,17)14-6-7-15(2)3/h4-5,8,14H,6-7H2,1-3H3,(H2,13,18). The Bertz CT molecular complexity index is 568. The van der Waals surface area contributed by atoms with E-state index < -0.39 is 10.0 Å². The van der Waals surface area contributed by atoms with Gasteiger partial charge in [0.25, 0.3) is 0 Å². The van der Waals surface area contributed by atoms with Gasteiger partial charge in [0.15, 0.2) is 0 Å². The highest BCUT2D eigenvalue weighted by Gasteiger charge is 2.17. The molecule has 1 aromatic rings.